The van der Waals surface area contributed by atoms with Crippen LogP contribution in [0.15, 0.2) is 29.2 Å². The number of benzene rings is 1. The third-order valence-corrected chi connectivity index (χ3v) is 4.99. The van der Waals surface area contributed by atoms with Crippen molar-refractivity contribution in [2.45, 2.75) is 30.7 Å². The predicted molar refractivity (Wildman–Crippen MR) is 81.4 cm³/mol. The van der Waals surface area contributed by atoms with Crippen LogP contribution in [-0.4, -0.2) is 34.1 Å². The minimum Gasteiger partial charge on any atom is -0.494 e. The summed E-state index contributed by atoms with van der Waals surface area (Å²) < 4.78 is 50.9. The Labute approximate surface area is 134 Å². The summed E-state index contributed by atoms with van der Waals surface area (Å²) in [6.07, 6.45) is 1.04. The van der Waals surface area contributed by atoms with Gasteiger partial charge in [0.2, 0.25) is 10.0 Å². The number of hydrogen-bond donors (Lipinski definition) is 1. The fourth-order valence-corrected chi connectivity index (χ4v) is 3.71. The molecule has 0 bridgehead atoms. The van der Waals surface area contributed by atoms with Crippen LogP contribution < -0.4 is 9.46 Å². The van der Waals surface area contributed by atoms with Crippen molar-refractivity contribution in [3.63, 3.8) is 0 Å². The van der Waals surface area contributed by atoms with E-state index in [4.69, 9.17) is 9.47 Å². The van der Waals surface area contributed by atoms with Crippen molar-refractivity contribution in [1.29, 1.82) is 0 Å². The lowest BCUT2D eigenvalue weighted by Gasteiger charge is -2.29. The van der Waals surface area contributed by atoms with E-state index in [2.05, 4.69) is 11.3 Å². The number of carbonyl (C=O) groups is 1. The molecule has 126 valence electrons. The second-order valence-corrected chi connectivity index (χ2v) is 6.86. The molecule has 0 radical (unpaired) electrons. The lowest BCUT2D eigenvalue weighted by Crippen LogP contribution is -2.41. The first kappa shape index (κ1) is 17.4. The smallest absolute Gasteiger partial charge is 0.339 e. The maximum Gasteiger partial charge on any atom is 0.339 e. The molecule has 0 atom stereocenters. The van der Waals surface area contributed by atoms with E-state index in [1.807, 2.05) is 0 Å². The Morgan fingerprint density at radius 1 is 1.43 bits per heavy atom. The molecule has 6 nitrogen and oxygen atoms in total. The highest BCUT2D eigenvalue weighted by Gasteiger charge is 2.31. The molecular weight excluding hydrogens is 325 g/mol. The van der Waals surface area contributed by atoms with Crippen molar-refractivity contribution in [3.8, 4) is 5.75 Å². The summed E-state index contributed by atoms with van der Waals surface area (Å²) in [5, 5.41) is 0. The van der Waals surface area contributed by atoms with Crippen LogP contribution in [0.4, 0.5) is 4.39 Å². The molecule has 0 unspecified atom stereocenters. The van der Waals surface area contributed by atoms with Gasteiger partial charge in [0, 0.05) is 6.04 Å². The predicted octanol–water partition coefficient (Wildman–Crippen LogP) is 2.01. The van der Waals surface area contributed by atoms with Gasteiger partial charge in [-0.15, -0.1) is 0 Å². The Kier molecular flexibility index (Phi) is 5.06. The molecule has 0 aliphatic heterocycles. The summed E-state index contributed by atoms with van der Waals surface area (Å²) in [6, 6.07) is 1.50. The summed E-state index contributed by atoms with van der Waals surface area (Å²) in [5.74, 6) is -1.97. The molecule has 0 spiro atoms. The van der Waals surface area contributed by atoms with E-state index in [1.54, 1.807) is 6.92 Å². The van der Waals surface area contributed by atoms with Crippen molar-refractivity contribution in [3.05, 3.63) is 35.7 Å². The van der Waals surface area contributed by atoms with E-state index in [0.717, 1.165) is 17.7 Å². The van der Waals surface area contributed by atoms with Crippen LogP contribution >= 0.6 is 0 Å². The van der Waals surface area contributed by atoms with E-state index in [1.165, 1.54) is 7.11 Å². The van der Waals surface area contributed by atoms with Gasteiger partial charge in [0.1, 0.15) is 0 Å². The molecule has 1 aromatic rings. The Morgan fingerprint density at radius 2 is 2.09 bits per heavy atom. The fraction of sp³-hybridized carbons (Fsp3) is 0.400. The molecule has 0 amide bonds. The van der Waals surface area contributed by atoms with Gasteiger partial charge < -0.3 is 9.47 Å². The quantitative estimate of drug-likeness (QED) is 0.631. The van der Waals surface area contributed by atoms with E-state index in [9.17, 15) is 17.6 Å². The maximum absolute atomic E-state index is 13.9. The Bertz CT molecular complexity index is 736. The molecule has 1 fully saturated rings. The van der Waals surface area contributed by atoms with Crippen molar-refractivity contribution in [1.82, 2.24) is 4.72 Å². The Morgan fingerprint density at radius 3 is 2.61 bits per heavy atom. The Balaban J connectivity index is 2.44. The molecular formula is C15H18FNO5S. The van der Waals surface area contributed by atoms with Gasteiger partial charge in [-0.1, -0.05) is 12.2 Å². The summed E-state index contributed by atoms with van der Waals surface area (Å²) >= 11 is 0. The average Bonchev–Trinajstić information content (AvgIpc) is 2.45. The zero-order valence-electron chi connectivity index (χ0n) is 12.9. The SMILES string of the molecule is C=C1CC(NS(=O)(=O)c2cc(F)c(OC)cc2C(=O)OCC)C1. The number of rotatable bonds is 6. The highest BCUT2D eigenvalue weighted by molar-refractivity contribution is 7.89. The average molecular weight is 343 g/mol. The van der Waals surface area contributed by atoms with Gasteiger partial charge in [0.15, 0.2) is 11.6 Å². The number of ether oxygens (including phenoxy) is 2. The zero-order chi connectivity index (χ0) is 17.2. The lowest BCUT2D eigenvalue weighted by molar-refractivity contribution is 0.0521. The van der Waals surface area contributed by atoms with Crippen LogP contribution in [0.1, 0.15) is 30.1 Å². The number of hydrogen-bond acceptors (Lipinski definition) is 5. The largest absolute Gasteiger partial charge is 0.494 e. The second-order valence-electron chi connectivity index (χ2n) is 5.18. The minimum absolute atomic E-state index is 0.0634. The normalized spacial score (nSPS) is 15.2. The molecule has 23 heavy (non-hydrogen) atoms. The summed E-state index contributed by atoms with van der Waals surface area (Å²) in [5.41, 5.74) is 0.667. The number of nitrogens with one attached hydrogen (secondary N) is 1. The van der Waals surface area contributed by atoms with Crippen molar-refractivity contribution >= 4 is 16.0 Å². The van der Waals surface area contributed by atoms with Gasteiger partial charge >= 0.3 is 5.97 Å². The van der Waals surface area contributed by atoms with Crippen LogP contribution in [0.2, 0.25) is 0 Å². The van der Waals surface area contributed by atoms with Gasteiger partial charge in [-0.05, 0) is 31.9 Å². The molecule has 1 aliphatic carbocycles. The van der Waals surface area contributed by atoms with Crippen LogP contribution in [0.3, 0.4) is 0 Å². The molecule has 1 aromatic carbocycles. The zero-order valence-corrected chi connectivity index (χ0v) is 13.7. The first-order chi connectivity index (χ1) is 10.8. The van der Waals surface area contributed by atoms with Crippen LogP contribution in [0, 0.1) is 5.82 Å². The molecule has 0 heterocycles. The highest BCUT2D eigenvalue weighted by Crippen LogP contribution is 2.29. The molecule has 2 rings (SSSR count). The third kappa shape index (κ3) is 3.70. The minimum atomic E-state index is -4.07. The van der Waals surface area contributed by atoms with Crippen molar-refractivity contribution in [2.75, 3.05) is 13.7 Å². The monoisotopic (exact) mass is 343 g/mol. The molecule has 8 heteroatoms. The number of halogens is 1. The molecule has 1 N–H and O–H groups in total. The maximum atomic E-state index is 13.9. The van der Waals surface area contributed by atoms with Crippen LogP contribution in [-0.2, 0) is 14.8 Å². The molecule has 0 aromatic heterocycles. The van der Waals surface area contributed by atoms with Crippen molar-refractivity contribution in [2.24, 2.45) is 0 Å². The first-order valence-electron chi connectivity index (χ1n) is 7.02. The summed E-state index contributed by atoms with van der Waals surface area (Å²) in [4.78, 5) is 11.5. The topological polar surface area (TPSA) is 81.7 Å². The van der Waals surface area contributed by atoms with E-state index in [0.29, 0.717) is 12.8 Å². The number of methoxy groups -OCH3 is 1. The highest BCUT2D eigenvalue weighted by atomic mass is 32.2. The van der Waals surface area contributed by atoms with Gasteiger partial charge in [0.25, 0.3) is 0 Å². The molecule has 0 saturated heterocycles. The third-order valence-electron chi connectivity index (χ3n) is 3.43. The second kappa shape index (κ2) is 6.67. The van der Waals surface area contributed by atoms with Gasteiger partial charge in [-0.25, -0.2) is 22.3 Å². The van der Waals surface area contributed by atoms with E-state index < -0.39 is 26.7 Å². The van der Waals surface area contributed by atoms with Gasteiger partial charge in [-0.2, -0.15) is 0 Å². The number of carbonyl (C=O) groups excluding carboxylic acids is 1. The number of esters is 1. The summed E-state index contributed by atoms with van der Waals surface area (Å²) in [6.45, 7) is 5.39. The molecule has 1 aliphatic rings. The first-order valence-corrected chi connectivity index (χ1v) is 8.50. The standard InChI is InChI=1S/C15H18FNO5S/c1-4-22-15(18)11-7-13(21-3)12(16)8-14(11)23(19,20)17-10-5-9(2)6-10/h7-8,10,17H,2,4-6H2,1,3H3. The Hall–Kier alpha value is -1.93. The van der Waals surface area contributed by atoms with E-state index in [-0.39, 0.29) is 24.0 Å². The van der Waals surface area contributed by atoms with Gasteiger partial charge in [0.05, 0.1) is 24.2 Å². The van der Waals surface area contributed by atoms with Crippen LogP contribution in [0.5, 0.6) is 5.75 Å². The van der Waals surface area contributed by atoms with E-state index >= 15 is 0 Å². The van der Waals surface area contributed by atoms with Gasteiger partial charge in [-0.3, -0.25) is 0 Å². The number of sulfonamides is 1. The fourth-order valence-electron chi connectivity index (χ4n) is 2.29. The van der Waals surface area contributed by atoms with Crippen LogP contribution in [0.25, 0.3) is 0 Å². The molecule has 1 saturated carbocycles. The lowest BCUT2D eigenvalue weighted by atomic mass is 9.89. The van der Waals surface area contributed by atoms with Crippen molar-refractivity contribution < 1.29 is 27.1 Å². The summed E-state index contributed by atoms with van der Waals surface area (Å²) in [7, 11) is -2.85.